The SMILES string of the molecule is COc1ccc(P2(=S)ON=C(C)[C@]23CC[C@H]2[C@@H]4CCC5=C/C(=N\O)CC[C@]5(C)[C@H]4CC[C@@]23C)cc1. The summed E-state index contributed by atoms with van der Waals surface area (Å²) in [5.74, 6) is 2.88. The second-order valence-corrected chi connectivity index (χ2v) is 16.0. The summed E-state index contributed by atoms with van der Waals surface area (Å²) in [6.45, 7) is 7.20. The van der Waals surface area contributed by atoms with E-state index in [1.807, 2.05) is 12.1 Å². The lowest BCUT2D eigenvalue weighted by atomic mass is 9.46. The molecule has 7 atom stereocenters. The Hall–Kier alpha value is -1.65. The maximum Gasteiger partial charge on any atom is 0.185 e. The number of hydrogen-bond acceptors (Lipinski definition) is 6. The average Bonchev–Trinajstić information content (AvgIpc) is 3.34. The molecule has 0 bridgehead atoms. The molecule has 3 fully saturated rings. The Morgan fingerprint density at radius 3 is 2.54 bits per heavy atom. The van der Waals surface area contributed by atoms with Gasteiger partial charge in [-0.05, 0) is 129 Å². The summed E-state index contributed by atoms with van der Waals surface area (Å²) in [5, 5.41) is 18.5. The number of hydrogen-bond donors (Lipinski definition) is 1. The maximum absolute atomic E-state index is 9.38. The highest BCUT2D eigenvalue weighted by Crippen LogP contribution is 2.79. The standard InChI is InChI=1S/C28H37N2O3PS/c1-18-28(34(35,33-30-18)22-8-6-21(32-4)7-9-22)16-13-25-23-10-5-19-17-20(29-31)11-14-26(19,2)24(23)12-15-27(25,28)3/h6-9,17,23-25,31H,5,10-16H2,1-4H3/b29-20-/t23-,24+,25+,26+,27+,28+,34?/m1/s1. The van der Waals surface area contributed by atoms with E-state index in [-0.39, 0.29) is 16.0 Å². The van der Waals surface area contributed by atoms with E-state index < -0.39 is 6.26 Å². The second kappa shape index (κ2) is 7.92. The van der Waals surface area contributed by atoms with E-state index in [1.54, 1.807) is 7.11 Å². The molecule has 1 aromatic carbocycles. The quantitative estimate of drug-likeness (QED) is 0.274. The topological polar surface area (TPSA) is 63.4 Å². The van der Waals surface area contributed by atoms with Gasteiger partial charge in [0.15, 0.2) is 6.26 Å². The fourth-order valence-corrected chi connectivity index (χ4v) is 14.3. The fourth-order valence-electron chi connectivity index (χ4n) is 9.27. The molecular weight excluding hydrogens is 475 g/mol. The molecule has 188 valence electrons. The lowest BCUT2D eigenvalue weighted by Crippen LogP contribution is -2.56. The predicted molar refractivity (Wildman–Crippen MR) is 145 cm³/mol. The van der Waals surface area contributed by atoms with Gasteiger partial charge in [-0.1, -0.05) is 29.7 Å². The van der Waals surface area contributed by atoms with Gasteiger partial charge in [0.05, 0.1) is 23.7 Å². The van der Waals surface area contributed by atoms with Crippen molar-refractivity contribution in [1.29, 1.82) is 0 Å². The van der Waals surface area contributed by atoms with Crippen molar-refractivity contribution in [3.05, 3.63) is 35.9 Å². The Kier molecular flexibility index (Phi) is 5.37. The number of benzene rings is 1. The molecule has 0 aromatic heterocycles. The summed E-state index contributed by atoms with van der Waals surface area (Å²) >= 11 is 6.58. The molecule has 1 aliphatic heterocycles. The van der Waals surface area contributed by atoms with Crippen LogP contribution >= 0.6 is 6.26 Å². The molecule has 5 aliphatic rings. The van der Waals surface area contributed by atoms with Gasteiger partial charge in [-0.15, -0.1) is 0 Å². The molecule has 4 aliphatic carbocycles. The monoisotopic (exact) mass is 512 g/mol. The third kappa shape index (κ3) is 2.90. The van der Waals surface area contributed by atoms with Crippen LogP contribution in [0.1, 0.15) is 72.1 Å². The minimum atomic E-state index is -2.43. The van der Waals surface area contributed by atoms with E-state index in [2.05, 4.69) is 49.3 Å². The fraction of sp³-hybridized carbons (Fsp3) is 0.643. The van der Waals surface area contributed by atoms with Crippen LogP contribution in [0.5, 0.6) is 5.75 Å². The molecule has 0 saturated heterocycles. The van der Waals surface area contributed by atoms with Crippen LogP contribution in [0.4, 0.5) is 0 Å². The van der Waals surface area contributed by atoms with Crippen LogP contribution in [0.2, 0.25) is 0 Å². The van der Waals surface area contributed by atoms with Gasteiger partial charge >= 0.3 is 0 Å². The smallest absolute Gasteiger partial charge is 0.185 e. The highest BCUT2D eigenvalue weighted by atomic mass is 32.4. The number of oxime groups is 2. The van der Waals surface area contributed by atoms with Crippen molar-refractivity contribution < 1.29 is 14.6 Å². The number of allylic oxidation sites excluding steroid dienone is 2. The van der Waals surface area contributed by atoms with E-state index in [9.17, 15) is 5.21 Å². The van der Waals surface area contributed by atoms with Crippen molar-refractivity contribution >= 4 is 34.8 Å². The van der Waals surface area contributed by atoms with Crippen molar-refractivity contribution in [2.45, 2.75) is 77.3 Å². The number of rotatable bonds is 2. The molecule has 0 amide bonds. The van der Waals surface area contributed by atoms with Crippen molar-refractivity contribution in [3.63, 3.8) is 0 Å². The molecule has 35 heavy (non-hydrogen) atoms. The van der Waals surface area contributed by atoms with Crippen molar-refractivity contribution in [2.24, 2.45) is 38.9 Å². The molecule has 1 spiro atoms. The van der Waals surface area contributed by atoms with Gasteiger partial charge in [0.2, 0.25) is 0 Å². The average molecular weight is 513 g/mol. The minimum absolute atomic E-state index is 0.0949. The van der Waals surface area contributed by atoms with Crippen LogP contribution < -0.4 is 10.0 Å². The zero-order valence-corrected chi connectivity index (χ0v) is 23.0. The van der Waals surface area contributed by atoms with Gasteiger partial charge in [0, 0.05) is 5.30 Å². The molecule has 1 N–H and O–H groups in total. The molecule has 1 heterocycles. The first-order valence-electron chi connectivity index (χ1n) is 13.1. The normalized spacial score (nSPS) is 45.3. The molecule has 0 radical (unpaired) electrons. The van der Waals surface area contributed by atoms with Crippen LogP contribution in [0.25, 0.3) is 0 Å². The van der Waals surface area contributed by atoms with Gasteiger partial charge in [-0.2, -0.15) is 0 Å². The third-order valence-electron chi connectivity index (χ3n) is 11.1. The van der Waals surface area contributed by atoms with Crippen LogP contribution in [-0.2, 0) is 16.4 Å². The number of nitrogens with zero attached hydrogens (tertiary/aromatic N) is 2. The zero-order chi connectivity index (χ0) is 24.6. The van der Waals surface area contributed by atoms with Crippen molar-refractivity contribution in [1.82, 2.24) is 0 Å². The van der Waals surface area contributed by atoms with E-state index >= 15 is 0 Å². The van der Waals surface area contributed by atoms with Crippen molar-refractivity contribution in [3.8, 4) is 5.75 Å². The van der Waals surface area contributed by atoms with E-state index in [4.69, 9.17) is 21.2 Å². The Labute approximate surface area is 214 Å². The zero-order valence-electron chi connectivity index (χ0n) is 21.3. The number of methoxy groups -OCH3 is 1. The molecule has 7 heteroatoms. The van der Waals surface area contributed by atoms with Gasteiger partial charge in [-0.3, -0.25) is 0 Å². The van der Waals surface area contributed by atoms with E-state index in [0.29, 0.717) is 17.8 Å². The third-order valence-corrected chi connectivity index (χ3v) is 16.2. The van der Waals surface area contributed by atoms with Crippen LogP contribution in [0.15, 0.2) is 46.2 Å². The van der Waals surface area contributed by atoms with E-state index in [1.165, 1.54) is 31.3 Å². The summed E-state index contributed by atoms with van der Waals surface area (Å²) in [6, 6.07) is 8.28. The summed E-state index contributed by atoms with van der Waals surface area (Å²) in [5.41, 5.74) is 3.81. The molecule has 1 unspecified atom stereocenters. The molecule has 5 nitrogen and oxygen atoms in total. The number of ether oxygens (including phenoxy) is 1. The van der Waals surface area contributed by atoms with Crippen LogP contribution in [0.3, 0.4) is 0 Å². The number of fused-ring (bicyclic) bond motifs is 6. The van der Waals surface area contributed by atoms with Gasteiger partial charge in [0.25, 0.3) is 0 Å². The Morgan fingerprint density at radius 2 is 1.83 bits per heavy atom. The second-order valence-electron chi connectivity index (χ2n) is 12.0. The molecular formula is C28H37N2O3PS. The summed E-state index contributed by atoms with van der Waals surface area (Å²) in [4.78, 5) is 0. The molecule has 1 aromatic rings. The first kappa shape index (κ1) is 23.7. The van der Waals surface area contributed by atoms with E-state index in [0.717, 1.165) is 48.2 Å². The van der Waals surface area contributed by atoms with Gasteiger partial charge < -0.3 is 14.6 Å². The first-order valence-corrected chi connectivity index (χ1v) is 15.9. The highest BCUT2D eigenvalue weighted by molar-refractivity contribution is 8.17. The maximum atomic E-state index is 9.38. The Balaban J connectivity index is 1.39. The van der Waals surface area contributed by atoms with Gasteiger partial charge in [0.1, 0.15) is 5.75 Å². The summed E-state index contributed by atoms with van der Waals surface area (Å²) in [7, 11) is 1.70. The molecule has 6 rings (SSSR count). The van der Waals surface area contributed by atoms with Crippen LogP contribution in [-0.4, -0.2) is 28.9 Å². The molecule has 3 saturated carbocycles. The summed E-state index contributed by atoms with van der Waals surface area (Å²) < 4.78 is 11.8. The lowest BCUT2D eigenvalue weighted by molar-refractivity contribution is -0.0371. The highest BCUT2D eigenvalue weighted by Gasteiger charge is 2.72. The largest absolute Gasteiger partial charge is 0.497 e. The minimum Gasteiger partial charge on any atom is -0.497 e. The van der Waals surface area contributed by atoms with Gasteiger partial charge in [-0.25, -0.2) is 0 Å². The lowest BCUT2D eigenvalue weighted by Gasteiger charge is -2.60. The van der Waals surface area contributed by atoms with Crippen molar-refractivity contribution in [2.75, 3.05) is 7.11 Å². The summed E-state index contributed by atoms with van der Waals surface area (Å²) in [6.07, 6.45) is 8.78. The first-order chi connectivity index (χ1) is 16.7. The Morgan fingerprint density at radius 1 is 1.09 bits per heavy atom. The Bertz CT molecular complexity index is 1190. The predicted octanol–water partition coefficient (Wildman–Crippen LogP) is 6.65. The van der Waals surface area contributed by atoms with Crippen LogP contribution in [0, 0.1) is 28.6 Å².